The monoisotopic (exact) mass is 235 g/mol. The van der Waals surface area contributed by atoms with Crippen LogP contribution in [0.3, 0.4) is 0 Å². The van der Waals surface area contributed by atoms with Gasteiger partial charge in [-0.2, -0.15) is 0 Å². The molecule has 0 radical (unpaired) electrons. The lowest BCUT2D eigenvalue weighted by atomic mass is 10.1. The third-order valence-corrected chi connectivity index (χ3v) is 2.68. The van der Waals surface area contributed by atoms with Gasteiger partial charge in [-0.3, -0.25) is 4.79 Å². The van der Waals surface area contributed by atoms with E-state index in [9.17, 15) is 4.79 Å². The summed E-state index contributed by atoms with van der Waals surface area (Å²) >= 11 is 0. The van der Waals surface area contributed by atoms with Crippen molar-refractivity contribution >= 4 is 17.3 Å². The minimum Gasteiger partial charge on any atom is -0.399 e. The molecule has 17 heavy (non-hydrogen) atoms. The highest BCUT2D eigenvalue weighted by Crippen LogP contribution is 2.22. The summed E-state index contributed by atoms with van der Waals surface area (Å²) in [6.07, 6.45) is 0.991. The van der Waals surface area contributed by atoms with Crippen LogP contribution in [0.4, 0.5) is 11.4 Å². The smallest absolute Gasteiger partial charge is 0.239 e. The molecule has 94 valence electrons. The average molecular weight is 235 g/mol. The van der Waals surface area contributed by atoms with E-state index >= 15 is 0 Å². The van der Waals surface area contributed by atoms with Crippen LogP contribution in [0.5, 0.6) is 0 Å². The summed E-state index contributed by atoms with van der Waals surface area (Å²) in [6, 6.07) is 5.79. The van der Waals surface area contributed by atoms with Gasteiger partial charge in [0.2, 0.25) is 5.91 Å². The van der Waals surface area contributed by atoms with Gasteiger partial charge in [0.15, 0.2) is 0 Å². The first kappa shape index (κ1) is 13.4. The zero-order valence-electron chi connectivity index (χ0n) is 10.8. The van der Waals surface area contributed by atoms with E-state index in [1.807, 2.05) is 25.1 Å². The van der Waals surface area contributed by atoms with Crippen molar-refractivity contribution in [2.75, 3.05) is 30.8 Å². The molecule has 0 aromatic heterocycles. The molecule has 0 saturated carbocycles. The summed E-state index contributed by atoms with van der Waals surface area (Å²) in [4.78, 5) is 13.5. The third-order valence-electron chi connectivity index (χ3n) is 2.68. The molecule has 0 saturated heterocycles. The number of hydrogen-bond acceptors (Lipinski definition) is 3. The van der Waals surface area contributed by atoms with Crippen molar-refractivity contribution in [1.82, 2.24) is 5.32 Å². The first-order valence-electron chi connectivity index (χ1n) is 5.90. The number of nitrogen functional groups attached to an aromatic ring is 1. The molecule has 1 aromatic carbocycles. The fourth-order valence-corrected chi connectivity index (χ4v) is 1.77. The summed E-state index contributed by atoms with van der Waals surface area (Å²) in [6.45, 7) is 5.34. The van der Waals surface area contributed by atoms with Gasteiger partial charge in [-0.1, -0.05) is 13.0 Å². The van der Waals surface area contributed by atoms with Crippen LogP contribution >= 0.6 is 0 Å². The molecule has 1 rings (SSSR count). The molecular weight excluding hydrogens is 214 g/mol. The van der Waals surface area contributed by atoms with Gasteiger partial charge in [-0.15, -0.1) is 0 Å². The molecule has 0 atom stereocenters. The Bertz CT molecular complexity index is 390. The molecule has 0 fully saturated rings. The summed E-state index contributed by atoms with van der Waals surface area (Å²) in [5.41, 5.74) is 8.70. The number of rotatable bonds is 5. The van der Waals surface area contributed by atoms with Crippen molar-refractivity contribution in [1.29, 1.82) is 0 Å². The molecular formula is C13H21N3O. The Morgan fingerprint density at radius 1 is 1.47 bits per heavy atom. The van der Waals surface area contributed by atoms with Gasteiger partial charge in [-0.25, -0.2) is 0 Å². The van der Waals surface area contributed by atoms with Crippen molar-refractivity contribution in [2.24, 2.45) is 0 Å². The lowest BCUT2D eigenvalue weighted by Gasteiger charge is -2.25. The quantitative estimate of drug-likeness (QED) is 0.761. The number of nitrogens with zero attached hydrogens (tertiary/aromatic N) is 1. The summed E-state index contributed by atoms with van der Waals surface area (Å²) in [5.74, 6) is 0.0141. The third kappa shape index (κ3) is 3.66. The first-order valence-corrected chi connectivity index (χ1v) is 5.90. The molecule has 0 unspecified atom stereocenters. The van der Waals surface area contributed by atoms with Crippen LogP contribution < -0.4 is 16.0 Å². The highest BCUT2D eigenvalue weighted by molar-refractivity contribution is 5.81. The van der Waals surface area contributed by atoms with Crippen molar-refractivity contribution in [3.8, 4) is 0 Å². The predicted molar refractivity (Wildman–Crippen MR) is 72.2 cm³/mol. The van der Waals surface area contributed by atoms with Gasteiger partial charge < -0.3 is 16.0 Å². The molecule has 0 aliphatic heterocycles. The Hall–Kier alpha value is -1.71. The maximum absolute atomic E-state index is 11.5. The Labute approximate surface area is 103 Å². The molecule has 1 aromatic rings. The molecule has 0 aliphatic rings. The van der Waals surface area contributed by atoms with Crippen molar-refractivity contribution in [2.45, 2.75) is 20.3 Å². The summed E-state index contributed by atoms with van der Waals surface area (Å²) < 4.78 is 0. The van der Waals surface area contributed by atoms with E-state index in [0.29, 0.717) is 6.54 Å². The van der Waals surface area contributed by atoms with Crippen LogP contribution in [0, 0.1) is 6.92 Å². The van der Waals surface area contributed by atoms with E-state index in [0.717, 1.165) is 29.9 Å². The molecule has 0 bridgehead atoms. The number of hydrogen-bond donors (Lipinski definition) is 2. The second kappa shape index (κ2) is 6.13. The van der Waals surface area contributed by atoms with Gasteiger partial charge in [0.05, 0.1) is 6.54 Å². The standard InChI is InChI=1S/C13H21N3O/c1-4-7-16(9-13(17)15-3)12-8-11(14)6-5-10(12)2/h5-6,8H,4,7,9,14H2,1-3H3,(H,15,17). The lowest BCUT2D eigenvalue weighted by molar-refractivity contribution is -0.119. The second-order valence-corrected chi connectivity index (χ2v) is 4.14. The SMILES string of the molecule is CCCN(CC(=O)NC)c1cc(N)ccc1C. The Morgan fingerprint density at radius 3 is 2.76 bits per heavy atom. The van der Waals surface area contributed by atoms with Crippen LogP contribution in [0.15, 0.2) is 18.2 Å². The summed E-state index contributed by atoms with van der Waals surface area (Å²) in [7, 11) is 1.65. The number of carbonyl (C=O) groups excluding carboxylic acids is 1. The van der Waals surface area contributed by atoms with Crippen LogP contribution in [-0.4, -0.2) is 26.0 Å². The van der Waals surface area contributed by atoms with Crippen LogP contribution in [0.1, 0.15) is 18.9 Å². The van der Waals surface area contributed by atoms with Gasteiger partial charge in [0.1, 0.15) is 0 Å². The number of carbonyl (C=O) groups is 1. The van der Waals surface area contributed by atoms with Crippen molar-refractivity contribution < 1.29 is 4.79 Å². The highest BCUT2D eigenvalue weighted by Gasteiger charge is 2.12. The fraction of sp³-hybridized carbons (Fsp3) is 0.462. The van der Waals surface area contributed by atoms with E-state index in [-0.39, 0.29) is 5.91 Å². The molecule has 0 aliphatic carbocycles. The van der Waals surface area contributed by atoms with E-state index in [1.54, 1.807) is 7.05 Å². The fourth-order valence-electron chi connectivity index (χ4n) is 1.77. The maximum Gasteiger partial charge on any atom is 0.239 e. The second-order valence-electron chi connectivity index (χ2n) is 4.14. The zero-order valence-corrected chi connectivity index (χ0v) is 10.8. The van der Waals surface area contributed by atoms with E-state index in [1.165, 1.54) is 0 Å². The van der Waals surface area contributed by atoms with Gasteiger partial charge in [0.25, 0.3) is 0 Å². The number of nitrogens with two attached hydrogens (primary N) is 1. The molecule has 3 N–H and O–H groups in total. The van der Waals surface area contributed by atoms with Crippen molar-refractivity contribution in [3.05, 3.63) is 23.8 Å². The Balaban J connectivity index is 2.95. The van der Waals surface area contributed by atoms with Crippen molar-refractivity contribution in [3.63, 3.8) is 0 Å². The minimum absolute atomic E-state index is 0.0141. The Kier molecular flexibility index (Phi) is 4.82. The van der Waals surface area contributed by atoms with E-state index in [4.69, 9.17) is 5.73 Å². The first-order chi connectivity index (χ1) is 8.08. The number of anilines is 2. The number of benzene rings is 1. The van der Waals surface area contributed by atoms with Crippen LogP contribution in [0.25, 0.3) is 0 Å². The normalized spacial score (nSPS) is 10.1. The number of amides is 1. The topological polar surface area (TPSA) is 58.4 Å². The van der Waals surface area contributed by atoms with Gasteiger partial charge in [0, 0.05) is 25.0 Å². The highest BCUT2D eigenvalue weighted by atomic mass is 16.1. The minimum atomic E-state index is 0.0141. The van der Waals surface area contributed by atoms with Crippen LogP contribution in [-0.2, 0) is 4.79 Å². The number of likely N-dealkylation sites (N-methyl/N-ethyl adjacent to an activating group) is 1. The molecule has 0 heterocycles. The molecule has 4 nitrogen and oxygen atoms in total. The molecule has 4 heteroatoms. The number of nitrogens with one attached hydrogen (secondary N) is 1. The van der Waals surface area contributed by atoms with E-state index in [2.05, 4.69) is 17.1 Å². The zero-order chi connectivity index (χ0) is 12.8. The largest absolute Gasteiger partial charge is 0.399 e. The van der Waals surface area contributed by atoms with Gasteiger partial charge >= 0.3 is 0 Å². The molecule has 0 spiro atoms. The summed E-state index contributed by atoms with van der Waals surface area (Å²) in [5, 5.41) is 2.65. The molecule has 1 amide bonds. The Morgan fingerprint density at radius 2 is 2.18 bits per heavy atom. The predicted octanol–water partition coefficient (Wildman–Crippen LogP) is 1.54. The maximum atomic E-state index is 11.5. The number of aryl methyl sites for hydroxylation is 1. The van der Waals surface area contributed by atoms with Crippen LogP contribution in [0.2, 0.25) is 0 Å². The van der Waals surface area contributed by atoms with E-state index < -0.39 is 0 Å². The lowest BCUT2D eigenvalue weighted by Crippen LogP contribution is -2.36. The van der Waals surface area contributed by atoms with Gasteiger partial charge in [-0.05, 0) is 31.0 Å². The average Bonchev–Trinajstić information content (AvgIpc) is 2.31.